The first-order valence-corrected chi connectivity index (χ1v) is 4.47. The zero-order valence-electron chi connectivity index (χ0n) is 8.67. The first kappa shape index (κ1) is 12.8. The summed E-state index contributed by atoms with van der Waals surface area (Å²) in [6.45, 7) is 5.95. The minimum Gasteiger partial charge on any atom is -0.396 e. The van der Waals surface area contributed by atoms with Gasteiger partial charge in [0, 0.05) is 18.6 Å². The Balaban J connectivity index is 3.99. The summed E-state index contributed by atoms with van der Waals surface area (Å²) in [4.78, 5) is 0. The molecule has 0 radical (unpaired) electrons. The van der Waals surface area contributed by atoms with Crippen molar-refractivity contribution in [1.29, 1.82) is 0 Å². The minimum absolute atomic E-state index is 0.0763. The molecule has 0 amide bonds. The van der Waals surface area contributed by atoms with E-state index in [1.807, 2.05) is 13.8 Å². The first-order valence-electron chi connectivity index (χ1n) is 4.47. The van der Waals surface area contributed by atoms with Gasteiger partial charge in [-0.15, -0.1) is 0 Å². The van der Waals surface area contributed by atoms with E-state index in [0.29, 0.717) is 6.54 Å². The molecule has 0 saturated heterocycles. The van der Waals surface area contributed by atoms with Crippen LogP contribution in [0.5, 0.6) is 0 Å². The molecular weight excluding hydrogens is 170 g/mol. The molecule has 0 saturated carbocycles. The van der Waals surface area contributed by atoms with Gasteiger partial charge in [0.2, 0.25) is 0 Å². The lowest BCUT2D eigenvalue weighted by Gasteiger charge is -2.31. The molecule has 0 heterocycles. The predicted molar refractivity (Wildman–Crippen MR) is 51.4 cm³/mol. The number of hydrogen-bond acceptors (Lipinski definition) is 4. The van der Waals surface area contributed by atoms with Crippen LogP contribution in [0, 0.1) is 5.41 Å². The summed E-state index contributed by atoms with van der Waals surface area (Å²) in [5.41, 5.74) is -0.891. The highest BCUT2D eigenvalue weighted by molar-refractivity contribution is 4.84. The van der Waals surface area contributed by atoms with Crippen LogP contribution in [0.25, 0.3) is 0 Å². The summed E-state index contributed by atoms with van der Waals surface area (Å²) in [6.07, 6.45) is 0. The molecule has 0 fully saturated rings. The SMILES string of the molecule is CC(C)(CO)CNC(C)(CO)CO. The van der Waals surface area contributed by atoms with E-state index in [1.54, 1.807) is 6.92 Å². The number of aliphatic hydroxyl groups is 3. The molecule has 13 heavy (non-hydrogen) atoms. The topological polar surface area (TPSA) is 72.7 Å². The summed E-state index contributed by atoms with van der Waals surface area (Å²) in [5, 5.41) is 29.9. The van der Waals surface area contributed by atoms with Crippen LogP contribution in [0.1, 0.15) is 20.8 Å². The van der Waals surface area contributed by atoms with Crippen LogP contribution in [0.2, 0.25) is 0 Å². The summed E-state index contributed by atoms with van der Waals surface area (Å²) >= 11 is 0. The Morgan fingerprint density at radius 3 is 1.69 bits per heavy atom. The number of hydrogen-bond donors (Lipinski definition) is 4. The molecule has 4 nitrogen and oxygen atoms in total. The van der Waals surface area contributed by atoms with E-state index < -0.39 is 5.54 Å². The highest BCUT2D eigenvalue weighted by Crippen LogP contribution is 2.13. The lowest BCUT2D eigenvalue weighted by atomic mass is 9.93. The van der Waals surface area contributed by atoms with Gasteiger partial charge in [0.25, 0.3) is 0 Å². The maximum Gasteiger partial charge on any atom is 0.0633 e. The average Bonchev–Trinajstić information content (AvgIpc) is 2.14. The molecule has 0 unspecified atom stereocenters. The lowest BCUT2D eigenvalue weighted by molar-refractivity contribution is 0.0813. The summed E-state index contributed by atoms with van der Waals surface area (Å²) < 4.78 is 0. The Hall–Kier alpha value is -0.160. The van der Waals surface area contributed by atoms with E-state index in [1.165, 1.54) is 0 Å². The Labute approximate surface area is 79.6 Å². The summed E-state index contributed by atoms with van der Waals surface area (Å²) in [7, 11) is 0. The molecule has 0 aromatic heterocycles. The third-order valence-electron chi connectivity index (χ3n) is 2.12. The smallest absolute Gasteiger partial charge is 0.0633 e. The van der Waals surface area contributed by atoms with Gasteiger partial charge in [-0.05, 0) is 6.92 Å². The molecule has 0 aromatic rings. The normalized spacial score (nSPS) is 13.4. The maximum atomic E-state index is 8.97. The van der Waals surface area contributed by atoms with Gasteiger partial charge < -0.3 is 20.6 Å². The molecule has 0 spiro atoms. The third-order valence-corrected chi connectivity index (χ3v) is 2.12. The van der Waals surface area contributed by atoms with E-state index in [4.69, 9.17) is 15.3 Å². The molecule has 80 valence electrons. The second kappa shape index (κ2) is 4.91. The fourth-order valence-corrected chi connectivity index (χ4v) is 0.670. The zero-order valence-corrected chi connectivity index (χ0v) is 8.67. The Morgan fingerprint density at radius 2 is 1.38 bits per heavy atom. The van der Waals surface area contributed by atoms with Gasteiger partial charge in [0.05, 0.1) is 18.8 Å². The number of nitrogens with one attached hydrogen (secondary N) is 1. The molecule has 0 aliphatic heterocycles. The van der Waals surface area contributed by atoms with Gasteiger partial charge in [-0.1, -0.05) is 13.8 Å². The Bertz CT molecular complexity index is 144. The monoisotopic (exact) mass is 191 g/mol. The molecule has 0 bridgehead atoms. The predicted octanol–water partition coefficient (Wildman–Crippen LogP) is -0.662. The Morgan fingerprint density at radius 1 is 0.923 bits per heavy atom. The summed E-state index contributed by atoms with van der Waals surface area (Å²) in [5.74, 6) is 0. The molecule has 4 N–H and O–H groups in total. The van der Waals surface area contributed by atoms with Crippen molar-refractivity contribution >= 4 is 0 Å². The number of rotatable bonds is 6. The molecule has 0 rings (SSSR count). The van der Waals surface area contributed by atoms with Crippen molar-refractivity contribution in [2.75, 3.05) is 26.4 Å². The van der Waals surface area contributed by atoms with Crippen molar-refractivity contribution in [2.45, 2.75) is 26.3 Å². The average molecular weight is 191 g/mol. The highest BCUT2D eigenvalue weighted by Gasteiger charge is 2.25. The van der Waals surface area contributed by atoms with E-state index in [2.05, 4.69) is 5.32 Å². The maximum absolute atomic E-state index is 8.97. The summed E-state index contributed by atoms with van der Waals surface area (Å²) in [6, 6.07) is 0. The largest absolute Gasteiger partial charge is 0.396 e. The highest BCUT2D eigenvalue weighted by atomic mass is 16.3. The molecule has 0 aliphatic carbocycles. The second-order valence-electron chi connectivity index (χ2n) is 4.55. The molecule has 0 aliphatic rings. The standard InChI is InChI=1S/C9H21NO3/c1-8(2,5-11)4-10-9(3,6-12)7-13/h10-13H,4-7H2,1-3H3. The minimum atomic E-state index is -0.660. The second-order valence-corrected chi connectivity index (χ2v) is 4.55. The molecule has 0 atom stereocenters. The van der Waals surface area contributed by atoms with Gasteiger partial charge in [-0.3, -0.25) is 0 Å². The van der Waals surface area contributed by atoms with Crippen molar-refractivity contribution in [1.82, 2.24) is 5.32 Å². The van der Waals surface area contributed by atoms with Crippen LogP contribution in [0.4, 0.5) is 0 Å². The van der Waals surface area contributed by atoms with E-state index in [9.17, 15) is 0 Å². The first-order chi connectivity index (χ1) is 5.89. The van der Waals surface area contributed by atoms with Crippen molar-refractivity contribution in [3.63, 3.8) is 0 Å². The van der Waals surface area contributed by atoms with Crippen LogP contribution in [-0.2, 0) is 0 Å². The Kier molecular flexibility index (Phi) is 4.85. The van der Waals surface area contributed by atoms with Gasteiger partial charge in [-0.2, -0.15) is 0 Å². The van der Waals surface area contributed by atoms with E-state index in [-0.39, 0.29) is 25.2 Å². The van der Waals surface area contributed by atoms with Gasteiger partial charge in [-0.25, -0.2) is 0 Å². The van der Waals surface area contributed by atoms with Crippen LogP contribution < -0.4 is 5.32 Å². The van der Waals surface area contributed by atoms with Crippen LogP contribution in [0.15, 0.2) is 0 Å². The van der Waals surface area contributed by atoms with Gasteiger partial charge >= 0.3 is 0 Å². The quantitative estimate of drug-likeness (QED) is 0.450. The fourth-order valence-electron chi connectivity index (χ4n) is 0.670. The molecular formula is C9H21NO3. The van der Waals surface area contributed by atoms with Crippen LogP contribution in [0.3, 0.4) is 0 Å². The zero-order chi connectivity index (χ0) is 10.5. The molecule has 4 heteroatoms. The third kappa shape index (κ3) is 4.57. The van der Waals surface area contributed by atoms with Crippen LogP contribution >= 0.6 is 0 Å². The lowest BCUT2D eigenvalue weighted by Crippen LogP contribution is -2.52. The fraction of sp³-hybridized carbons (Fsp3) is 1.00. The molecule has 0 aromatic carbocycles. The van der Waals surface area contributed by atoms with Crippen molar-refractivity contribution < 1.29 is 15.3 Å². The van der Waals surface area contributed by atoms with Gasteiger partial charge in [0.15, 0.2) is 0 Å². The number of aliphatic hydroxyl groups excluding tert-OH is 3. The van der Waals surface area contributed by atoms with Crippen molar-refractivity contribution in [3.05, 3.63) is 0 Å². The van der Waals surface area contributed by atoms with Crippen LogP contribution in [-0.4, -0.2) is 47.2 Å². The van der Waals surface area contributed by atoms with Crippen molar-refractivity contribution in [3.8, 4) is 0 Å². The van der Waals surface area contributed by atoms with Crippen molar-refractivity contribution in [2.24, 2.45) is 5.41 Å². The van der Waals surface area contributed by atoms with E-state index in [0.717, 1.165) is 0 Å². The van der Waals surface area contributed by atoms with Gasteiger partial charge in [0.1, 0.15) is 0 Å². The van der Waals surface area contributed by atoms with E-state index >= 15 is 0 Å².